The molecule has 0 fully saturated rings. The van der Waals surface area contributed by atoms with E-state index in [9.17, 15) is 4.79 Å². The molecular formula is C17H17NO2. The molecule has 1 N–H and O–H groups in total. The molecule has 2 aromatic rings. The van der Waals surface area contributed by atoms with Crippen molar-refractivity contribution in [2.24, 2.45) is 0 Å². The number of benzene rings is 2. The van der Waals surface area contributed by atoms with Crippen LogP contribution in [0.1, 0.15) is 6.92 Å². The van der Waals surface area contributed by atoms with Crippen LogP contribution >= 0.6 is 0 Å². The lowest BCUT2D eigenvalue weighted by atomic mass is 10.1. The van der Waals surface area contributed by atoms with Gasteiger partial charge in [0.1, 0.15) is 0 Å². The highest BCUT2D eigenvalue weighted by Gasteiger charge is 1.99. The Kier molecular flexibility index (Phi) is 4.56. The Hall–Kier alpha value is -2.55. The zero-order chi connectivity index (χ0) is 14.4. The molecule has 0 radical (unpaired) electrons. The molecule has 0 aliphatic heterocycles. The van der Waals surface area contributed by atoms with Crippen LogP contribution in [0.5, 0.6) is 0 Å². The van der Waals surface area contributed by atoms with Gasteiger partial charge in [0.25, 0.3) is 0 Å². The third-order valence-corrected chi connectivity index (χ3v) is 2.87. The number of nitrogens with one attached hydrogen (secondary N) is 1. The molecule has 0 aromatic heterocycles. The van der Waals surface area contributed by atoms with Gasteiger partial charge in [-0.3, -0.25) is 0 Å². The van der Waals surface area contributed by atoms with Gasteiger partial charge in [0.05, 0.1) is 7.11 Å². The maximum Gasteiger partial charge on any atom is 0.332 e. The summed E-state index contributed by atoms with van der Waals surface area (Å²) in [5.74, 6) is -0.365. The Labute approximate surface area is 118 Å². The fourth-order valence-corrected chi connectivity index (χ4v) is 1.88. The molecule has 0 atom stereocenters. The first-order valence-electron chi connectivity index (χ1n) is 6.38. The van der Waals surface area contributed by atoms with E-state index in [2.05, 4.69) is 22.2 Å². The fourth-order valence-electron chi connectivity index (χ4n) is 1.88. The lowest BCUT2D eigenvalue weighted by molar-refractivity contribution is -0.134. The lowest BCUT2D eigenvalue weighted by Gasteiger charge is -2.08. The molecule has 0 saturated carbocycles. The van der Waals surface area contributed by atoms with E-state index in [-0.39, 0.29) is 5.97 Å². The van der Waals surface area contributed by atoms with Crippen LogP contribution in [-0.4, -0.2) is 13.1 Å². The monoisotopic (exact) mass is 267 g/mol. The number of hydrogen-bond acceptors (Lipinski definition) is 3. The molecule has 0 bridgehead atoms. The van der Waals surface area contributed by atoms with Gasteiger partial charge in [0.2, 0.25) is 0 Å². The number of methoxy groups -OCH3 is 1. The summed E-state index contributed by atoms with van der Waals surface area (Å²) < 4.78 is 4.58. The van der Waals surface area contributed by atoms with Crippen LogP contribution in [-0.2, 0) is 9.53 Å². The molecule has 3 heteroatoms. The molecule has 20 heavy (non-hydrogen) atoms. The Morgan fingerprint density at radius 3 is 2.20 bits per heavy atom. The predicted octanol–water partition coefficient (Wildman–Crippen LogP) is 3.84. The first-order valence-corrected chi connectivity index (χ1v) is 6.38. The maximum absolute atomic E-state index is 11.1. The first-order chi connectivity index (χ1) is 9.69. The van der Waals surface area contributed by atoms with Gasteiger partial charge in [-0.05, 0) is 30.2 Å². The minimum absolute atomic E-state index is 0.365. The van der Waals surface area contributed by atoms with Crippen molar-refractivity contribution < 1.29 is 9.53 Å². The Balaban J connectivity index is 2.09. The molecule has 0 aliphatic carbocycles. The molecule has 0 unspecified atom stereocenters. The molecule has 3 nitrogen and oxygen atoms in total. The van der Waals surface area contributed by atoms with Crippen molar-refractivity contribution in [3.05, 3.63) is 66.4 Å². The van der Waals surface area contributed by atoms with Crippen LogP contribution in [0.15, 0.2) is 66.4 Å². The minimum atomic E-state index is -0.365. The van der Waals surface area contributed by atoms with Crippen molar-refractivity contribution >= 4 is 11.7 Å². The van der Waals surface area contributed by atoms with E-state index in [0.29, 0.717) is 0 Å². The number of esters is 1. The van der Waals surface area contributed by atoms with E-state index in [1.54, 1.807) is 0 Å². The summed E-state index contributed by atoms with van der Waals surface area (Å²) in [7, 11) is 1.36. The van der Waals surface area contributed by atoms with E-state index in [4.69, 9.17) is 0 Å². The summed E-state index contributed by atoms with van der Waals surface area (Å²) in [6.45, 7) is 1.82. The molecular weight excluding hydrogens is 250 g/mol. The molecule has 0 spiro atoms. The standard InChI is InChI=1S/C17H17NO2/c1-13(12-17(19)20-2)18-16-10-8-15(9-11-16)14-6-4-3-5-7-14/h3-12,18H,1-2H3/b13-12-. The van der Waals surface area contributed by atoms with Crippen LogP contribution in [0.4, 0.5) is 5.69 Å². The van der Waals surface area contributed by atoms with Crippen molar-refractivity contribution in [1.82, 2.24) is 0 Å². The number of rotatable bonds is 4. The quantitative estimate of drug-likeness (QED) is 0.675. The average Bonchev–Trinajstić information content (AvgIpc) is 2.48. The third-order valence-electron chi connectivity index (χ3n) is 2.87. The number of anilines is 1. The van der Waals surface area contributed by atoms with Crippen molar-refractivity contribution in [3.63, 3.8) is 0 Å². The highest BCUT2D eigenvalue weighted by atomic mass is 16.5. The number of carbonyl (C=O) groups is 1. The molecule has 102 valence electrons. The Bertz CT molecular complexity index is 601. The van der Waals surface area contributed by atoms with E-state index in [1.807, 2.05) is 49.4 Å². The van der Waals surface area contributed by atoms with Gasteiger partial charge in [-0.2, -0.15) is 0 Å². The van der Waals surface area contributed by atoms with Gasteiger partial charge in [0, 0.05) is 17.5 Å². The zero-order valence-electron chi connectivity index (χ0n) is 11.6. The van der Waals surface area contributed by atoms with Crippen LogP contribution in [0.25, 0.3) is 11.1 Å². The van der Waals surface area contributed by atoms with Gasteiger partial charge >= 0.3 is 5.97 Å². The highest BCUT2D eigenvalue weighted by Crippen LogP contribution is 2.21. The average molecular weight is 267 g/mol. The number of carbonyl (C=O) groups excluding carboxylic acids is 1. The van der Waals surface area contributed by atoms with Crippen molar-refractivity contribution in [3.8, 4) is 11.1 Å². The molecule has 0 aliphatic rings. The highest BCUT2D eigenvalue weighted by molar-refractivity contribution is 5.83. The Morgan fingerprint density at radius 2 is 1.60 bits per heavy atom. The lowest BCUT2D eigenvalue weighted by Crippen LogP contribution is -2.01. The van der Waals surface area contributed by atoms with Gasteiger partial charge in [-0.15, -0.1) is 0 Å². The van der Waals surface area contributed by atoms with E-state index < -0.39 is 0 Å². The Morgan fingerprint density at radius 1 is 1.00 bits per heavy atom. The second kappa shape index (κ2) is 6.57. The zero-order valence-corrected chi connectivity index (χ0v) is 11.6. The number of allylic oxidation sites excluding steroid dienone is 1. The fraction of sp³-hybridized carbons (Fsp3) is 0.118. The topological polar surface area (TPSA) is 38.3 Å². The van der Waals surface area contributed by atoms with Crippen LogP contribution in [0.3, 0.4) is 0 Å². The van der Waals surface area contributed by atoms with Gasteiger partial charge < -0.3 is 10.1 Å². The van der Waals surface area contributed by atoms with E-state index >= 15 is 0 Å². The summed E-state index contributed by atoms with van der Waals surface area (Å²) in [4.78, 5) is 11.1. The van der Waals surface area contributed by atoms with E-state index in [0.717, 1.165) is 16.9 Å². The second-order valence-electron chi connectivity index (χ2n) is 4.42. The summed E-state index contributed by atoms with van der Waals surface area (Å²) >= 11 is 0. The minimum Gasteiger partial charge on any atom is -0.466 e. The van der Waals surface area contributed by atoms with Crippen molar-refractivity contribution in [2.45, 2.75) is 6.92 Å². The normalized spacial score (nSPS) is 11.0. The van der Waals surface area contributed by atoms with Gasteiger partial charge in [-0.1, -0.05) is 42.5 Å². The molecule has 0 heterocycles. The smallest absolute Gasteiger partial charge is 0.332 e. The van der Waals surface area contributed by atoms with Crippen LogP contribution in [0.2, 0.25) is 0 Å². The predicted molar refractivity (Wildman–Crippen MR) is 81.3 cm³/mol. The van der Waals surface area contributed by atoms with Crippen molar-refractivity contribution in [2.75, 3.05) is 12.4 Å². The summed E-state index contributed by atoms with van der Waals surface area (Å²) in [5, 5.41) is 3.15. The maximum atomic E-state index is 11.1. The summed E-state index contributed by atoms with van der Waals surface area (Å²) in [5.41, 5.74) is 4.01. The third kappa shape index (κ3) is 3.72. The largest absolute Gasteiger partial charge is 0.466 e. The second-order valence-corrected chi connectivity index (χ2v) is 4.42. The van der Waals surface area contributed by atoms with Crippen LogP contribution in [0, 0.1) is 0 Å². The SMILES string of the molecule is COC(=O)/C=C(/C)Nc1ccc(-c2ccccc2)cc1. The summed E-state index contributed by atoms with van der Waals surface area (Å²) in [6, 6.07) is 18.2. The van der Waals surface area contributed by atoms with Gasteiger partial charge in [0.15, 0.2) is 0 Å². The molecule has 0 amide bonds. The van der Waals surface area contributed by atoms with E-state index in [1.165, 1.54) is 18.7 Å². The molecule has 2 rings (SSSR count). The summed E-state index contributed by atoms with van der Waals surface area (Å²) in [6.07, 6.45) is 1.42. The van der Waals surface area contributed by atoms with Crippen LogP contribution < -0.4 is 5.32 Å². The molecule has 0 saturated heterocycles. The first kappa shape index (κ1) is 13.9. The number of hydrogen-bond donors (Lipinski definition) is 1. The van der Waals surface area contributed by atoms with Gasteiger partial charge in [-0.25, -0.2) is 4.79 Å². The number of ether oxygens (including phenoxy) is 1. The van der Waals surface area contributed by atoms with Crippen molar-refractivity contribution in [1.29, 1.82) is 0 Å². The molecule has 2 aromatic carbocycles.